The van der Waals surface area contributed by atoms with Gasteiger partial charge in [-0.15, -0.1) is 0 Å². The predicted molar refractivity (Wildman–Crippen MR) is 86.8 cm³/mol. The number of anilines is 1. The van der Waals surface area contributed by atoms with Gasteiger partial charge in [0.25, 0.3) is 0 Å². The number of ketones is 1. The second kappa shape index (κ2) is 9.73. The number of nitrogens with one attached hydrogen (secondary N) is 2. The molecular weight excluding hydrogens is 280 g/mol. The van der Waals surface area contributed by atoms with Gasteiger partial charge in [-0.05, 0) is 50.5 Å². The summed E-state index contributed by atoms with van der Waals surface area (Å²) in [5.41, 5.74) is 3.99. The van der Waals surface area contributed by atoms with E-state index in [1.54, 1.807) is 24.3 Å². The summed E-state index contributed by atoms with van der Waals surface area (Å²) in [5.74, 6) is -0.00559. The monoisotopic (exact) mass is 304 g/mol. The van der Waals surface area contributed by atoms with Crippen molar-refractivity contribution < 1.29 is 14.8 Å². The van der Waals surface area contributed by atoms with E-state index in [0.29, 0.717) is 23.4 Å². The van der Waals surface area contributed by atoms with E-state index in [-0.39, 0.29) is 11.7 Å². The van der Waals surface area contributed by atoms with Crippen molar-refractivity contribution in [2.45, 2.75) is 45.4 Å². The molecule has 0 aliphatic carbocycles. The van der Waals surface area contributed by atoms with Crippen LogP contribution in [-0.4, -0.2) is 16.9 Å². The number of hydrogen-bond acceptors (Lipinski definition) is 4. The van der Waals surface area contributed by atoms with Crippen LogP contribution in [0.3, 0.4) is 0 Å². The second-order valence-electron chi connectivity index (χ2n) is 5.31. The highest BCUT2D eigenvalue weighted by molar-refractivity contribution is 5.95. The van der Waals surface area contributed by atoms with Crippen LogP contribution in [0, 0.1) is 0 Å². The number of amides is 1. The van der Waals surface area contributed by atoms with E-state index >= 15 is 0 Å². The van der Waals surface area contributed by atoms with Crippen LogP contribution in [0.2, 0.25) is 0 Å². The Morgan fingerprint density at radius 3 is 2.18 bits per heavy atom. The number of hydrogen-bond donors (Lipinski definition) is 3. The number of carbonyl (C=O) groups excluding carboxylic acids is 2. The van der Waals surface area contributed by atoms with Gasteiger partial charge in [0.05, 0.1) is 0 Å². The number of allylic oxidation sites excluding steroid dienone is 1. The molecule has 0 unspecified atom stereocenters. The first-order valence-corrected chi connectivity index (χ1v) is 7.51. The Balaban J connectivity index is 2.18. The number of benzene rings is 1. The number of hydroxylamine groups is 1. The molecule has 5 nitrogen and oxygen atoms in total. The molecule has 1 rings (SSSR count). The Labute approximate surface area is 131 Å². The standard InChI is InChI=1S/C17H24N2O3/c1-13(19-22)7-5-3-4-6-8-17(21)18-16-11-9-15(10-12-16)14(2)20/h9-12,19,22H,1,3-8H2,2H3,(H,18,21). The maximum absolute atomic E-state index is 11.8. The maximum atomic E-state index is 11.8. The minimum Gasteiger partial charge on any atom is -0.326 e. The molecule has 0 heterocycles. The third-order valence-corrected chi connectivity index (χ3v) is 3.37. The normalized spacial score (nSPS) is 10.1. The molecule has 0 aliphatic rings. The van der Waals surface area contributed by atoms with Crippen molar-refractivity contribution in [2.75, 3.05) is 5.32 Å². The molecule has 5 heteroatoms. The lowest BCUT2D eigenvalue weighted by atomic mass is 10.1. The fourth-order valence-corrected chi connectivity index (χ4v) is 2.05. The van der Waals surface area contributed by atoms with Gasteiger partial charge in [0, 0.05) is 23.4 Å². The molecule has 0 radical (unpaired) electrons. The molecule has 0 aliphatic heterocycles. The van der Waals surface area contributed by atoms with E-state index in [1.807, 2.05) is 5.48 Å². The third-order valence-electron chi connectivity index (χ3n) is 3.37. The van der Waals surface area contributed by atoms with Crippen LogP contribution in [0.5, 0.6) is 0 Å². The third kappa shape index (κ3) is 7.04. The van der Waals surface area contributed by atoms with Crippen LogP contribution in [0.25, 0.3) is 0 Å². The molecule has 1 aromatic rings. The van der Waals surface area contributed by atoms with E-state index in [0.717, 1.165) is 32.1 Å². The van der Waals surface area contributed by atoms with Crippen LogP contribution >= 0.6 is 0 Å². The van der Waals surface area contributed by atoms with Crippen LogP contribution < -0.4 is 10.8 Å². The quantitative estimate of drug-likeness (QED) is 0.350. The Hall–Kier alpha value is -2.14. The first-order chi connectivity index (χ1) is 10.5. The SMILES string of the molecule is C=C(CCCCCCC(=O)Nc1ccc(C(C)=O)cc1)NO. The zero-order valence-electron chi connectivity index (χ0n) is 13.0. The zero-order chi connectivity index (χ0) is 16.4. The average Bonchev–Trinajstić information content (AvgIpc) is 2.50. The van der Waals surface area contributed by atoms with Gasteiger partial charge in [-0.1, -0.05) is 19.4 Å². The van der Waals surface area contributed by atoms with Crippen molar-refractivity contribution >= 4 is 17.4 Å². The van der Waals surface area contributed by atoms with Crippen molar-refractivity contribution in [3.05, 3.63) is 42.1 Å². The van der Waals surface area contributed by atoms with Gasteiger partial charge in [0.1, 0.15) is 0 Å². The molecular formula is C17H24N2O3. The highest BCUT2D eigenvalue weighted by atomic mass is 16.5. The fraction of sp³-hybridized carbons (Fsp3) is 0.412. The van der Waals surface area contributed by atoms with E-state index in [2.05, 4.69) is 11.9 Å². The molecule has 0 saturated heterocycles. The molecule has 22 heavy (non-hydrogen) atoms. The lowest BCUT2D eigenvalue weighted by molar-refractivity contribution is -0.116. The summed E-state index contributed by atoms with van der Waals surface area (Å²) in [5, 5.41) is 11.4. The molecule has 1 aromatic carbocycles. The molecule has 120 valence electrons. The number of rotatable bonds is 10. The Bertz CT molecular complexity index is 509. The van der Waals surface area contributed by atoms with Crippen molar-refractivity contribution in [2.24, 2.45) is 0 Å². The fourth-order valence-electron chi connectivity index (χ4n) is 2.05. The van der Waals surface area contributed by atoms with E-state index in [4.69, 9.17) is 5.21 Å². The molecule has 1 amide bonds. The smallest absolute Gasteiger partial charge is 0.224 e. The molecule has 0 aromatic heterocycles. The van der Waals surface area contributed by atoms with Crippen LogP contribution in [0.4, 0.5) is 5.69 Å². The Morgan fingerprint density at radius 1 is 1.05 bits per heavy atom. The molecule has 3 N–H and O–H groups in total. The van der Waals surface area contributed by atoms with Crippen LogP contribution in [-0.2, 0) is 4.79 Å². The Morgan fingerprint density at radius 2 is 1.64 bits per heavy atom. The number of Topliss-reactive ketones (excluding diaryl/α,β-unsaturated/α-hetero) is 1. The summed E-state index contributed by atoms with van der Waals surface area (Å²) in [6, 6.07) is 6.89. The minimum absolute atomic E-state index is 0.0111. The number of carbonyl (C=O) groups is 2. The van der Waals surface area contributed by atoms with Crippen molar-refractivity contribution in [3.63, 3.8) is 0 Å². The van der Waals surface area contributed by atoms with Crippen molar-refractivity contribution in [3.8, 4) is 0 Å². The lowest BCUT2D eigenvalue weighted by Gasteiger charge is -2.06. The first kappa shape index (κ1) is 17.9. The summed E-state index contributed by atoms with van der Waals surface area (Å²) >= 11 is 0. The molecule has 0 bridgehead atoms. The molecule has 0 fully saturated rings. The van der Waals surface area contributed by atoms with E-state index in [1.165, 1.54) is 6.92 Å². The Kier molecular flexibility index (Phi) is 7.92. The van der Waals surface area contributed by atoms with Gasteiger partial charge >= 0.3 is 0 Å². The zero-order valence-corrected chi connectivity index (χ0v) is 13.0. The van der Waals surface area contributed by atoms with Gasteiger partial charge in [-0.2, -0.15) is 0 Å². The maximum Gasteiger partial charge on any atom is 0.224 e. The molecule has 0 saturated carbocycles. The van der Waals surface area contributed by atoms with Crippen molar-refractivity contribution in [1.29, 1.82) is 0 Å². The highest BCUT2D eigenvalue weighted by Crippen LogP contribution is 2.12. The highest BCUT2D eigenvalue weighted by Gasteiger charge is 2.04. The van der Waals surface area contributed by atoms with Gasteiger partial charge in [0.2, 0.25) is 5.91 Å². The topological polar surface area (TPSA) is 78.4 Å². The number of unbranched alkanes of at least 4 members (excludes halogenated alkanes) is 3. The molecule has 0 spiro atoms. The minimum atomic E-state index is -0.0167. The second-order valence-corrected chi connectivity index (χ2v) is 5.31. The van der Waals surface area contributed by atoms with Crippen LogP contribution in [0.1, 0.15) is 55.8 Å². The van der Waals surface area contributed by atoms with Gasteiger partial charge < -0.3 is 5.32 Å². The summed E-state index contributed by atoms with van der Waals surface area (Å²) in [4.78, 5) is 22.9. The average molecular weight is 304 g/mol. The van der Waals surface area contributed by atoms with Crippen LogP contribution in [0.15, 0.2) is 36.5 Å². The summed E-state index contributed by atoms with van der Waals surface area (Å²) in [6.45, 7) is 5.15. The summed E-state index contributed by atoms with van der Waals surface area (Å²) in [7, 11) is 0. The summed E-state index contributed by atoms with van der Waals surface area (Å²) < 4.78 is 0. The first-order valence-electron chi connectivity index (χ1n) is 7.51. The lowest BCUT2D eigenvalue weighted by Crippen LogP contribution is -2.11. The van der Waals surface area contributed by atoms with Gasteiger partial charge in [-0.25, -0.2) is 0 Å². The predicted octanol–water partition coefficient (Wildman–Crippen LogP) is 3.66. The summed E-state index contributed by atoms with van der Waals surface area (Å²) in [6.07, 6.45) is 4.96. The van der Waals surface area contributed by atoms with Crippen molar-refractivity contribution in [1.82, 2.24) is 5.48 Å². The van der Waals surface area contributed by atoms with E-state index < -0.39 is 0 Å². The van der Waals surface area contributed by atoms with Gasteiger partial charge in [-0.3, -0.25) is 20.3 Å². The largest absolute Gasteiger partial charge is 0.326 e. The van der Waals surface area contributed by atoms with Gasteiger partial charge in [0.15, 0.2) is 5.78 Å². The van der Waals surface area contributed by atoms with E-state index in [9.17, 15) is 9.59 Å². The molecule has 0 atom stereocenters.